The Labute approximate surface area is 159 Å². The van der Waals surface area contributed by atoms with Crippen LogP contribution in [0.25, 0.3) is 22.4 Å². The molecule has 0 aliphatic heterocycles. The average Bonchev–Trinajstić information content (AvgIpc) is 2.97. The number of aromatic nitrogens is 3. The van der Waals surface area contributed by atoms with Crippen LogP contribution in [0.1, 0.15) is 5.56 Å². The van der Waals surface area contributed by atoms with E-state index in [4.69, 9.17) is 39.8 Å². The first kappa shape index (κ1) is 16.4. The van der Waals surface area contributed by atoms with E-state index in [9.17, 15) is 0 Å². The molecule has 0 bridgehead atoms. The van der Waals surface area contributed by atoms with Gasteiger partial charge in [0.1, 0.15) is 11.0 Å². The van der Waals surface area contributed by atoms with Gasteiger partial charge < -0.3 is 4.57 Å². The molecule has 6 heteroatoms. The van der Waals surface area contributed by atoms with Crippen LogP contribution in [0.3, 0.4) is 0 Å². The van der Waals surface area contributed by atoms with Gasteiger partial charge in [-0.2, -0.15) is 0 Å². The minimum Gasteiger partial charge on any atom is -0.319 e. The van der Waals surface area contributed by atoms with E-state index in [1.807, 2.05) is 42.5 Å². The topological polar surface area (TPSA) is 30.7 Å². The fraction of sp³-hybridized carbons (Fsp3) is 0.0526. The maximum atomic E-state index is 6.37. The van der Waals surface area contributed by atoms with Gasteiger partial charge in [0.15, 0.2) is 0 Å². The van der Waals surface area contributed by atoms with Gasteiger partial charge in [-0.05, 0) is 42.0 Å². The van der Waals surface area contributed by atoms with Gasteiger partial charge in [-0.25, -0.2) is 9.97 Å². The lowest BCUT2D eigenvalue weighted by molar-refractivity contribution is 0.834. The van der Waals surface area contributed by atoms with E-state index in [1.54, 1.807) is 18.3 Å². The van der Waals surface area contributed by atoms with E-state index in [2.05, 4.69) is 9.55 Å². The molecular formula is C19H12Cl3N3. The number of fused-ring (bicyclic) bond motifs is 1. The standard InChI is InChI=1S/C19H12Cl3N3/c20-14-7-5-13(15(21)9-14)11-25-17-4-2-1-3-16(17)24-19(25)12-6-8-18(22)23-10-12/h1-10H,11H2. The lowest BCUT2D eigenvalue weighted by Gasteiger charge is -2.11. The number of hydrogen-bond acceptors (Lipinski definition) is 2. The van der Waals surface area contributed by atoms with E-state index in [0.717, 1.165) is 28.0 Å². The van der Waals surface area contributed by atoms with Crippen LogP contribution >= 0.6 is 34.8 Å². The molecule has 4 rings (SSSR count). The van der Waals surface area contributed by atoms with Crippen molar-refractivity contribution in [3.05, 3.63) is 81.6 Å². The van der Waals surface area contributed by atoms with E-state index < -0.39 is 0 Å². The van der Waals surface area contributed by atoms with Gasteiger partial charge in [0.05, 0.1) is 17.6 Å². The smallest absolute Gasteiger partial charge is 0.143 e. The molecule has 124 valence electrons. The number of hydrogen-bond donors (Lipinski definition) is 0. The molecule has 0 amide bonds. The lowest BCUT2D eigenvalue weighted by atomic mass is 10.2. The summed E-state index contributed by atoms with van der Waals surface area (Å²) in [5.74, 6) is 0.816. The van der Waals surface area contributed by atoms with Crippen LogP contribution in [0.4, 0.5) is 0 Å². The summed E-state index contributed by atoms with van der Waals surface area (Å²) in [5, 5.41) is 1.70. The van der Waals surface area contributed by atoms with Crippen molar-refractivity contribution in [3.8, 4) is 11.4 Å². The fourth-order valence-corrected chi connectivity index (χ4v) is 3.36. The Kier molecular flexibility index (Phi) is 4.38. The van der Waals surface area contributed by atoms with Crippen molar-refractivity contribution in [2.75, 3.05) is 0 Å². The van der Waals surface area contributed by atoms with Crippen LogP contribution in [0.5, 0.6) is 0 Å². The molecular weight excluding hydrogens is 377 g/mol. The molecule has 0 saturated carbocycles. The SMILES string of the molecule is Clc1ccc(Cn2c(-c3ccc(Cl)nc3)nc3ccccc32)c(Cl)c1. The molecule has 4 aromatic rings. The second kappa shape index (κ2) is 6.68. The van der Waals surface area contributed by atoms with Crippen LogP contribution < -0.4 is 0 Å². The number of para-hydroxylation sites is 2. The summed E-state index contributed by atoms with van der Waals surface area (Å²) in [4.78, 5) is 8.94. The van der Waals surface area contributed by atoms with Gasteiger partial charge in [-0.3, -0.25) is 0 Å². The largest absolute Gasteiger partial charge is 0.319 e. The molecule has 0 unspecified atom stereocenters. The van der Waals surface area contributed by atoms with E-state index in [0.29, 0.717) is 21.7 Å². The monoisotopic (exact) mass is 387 g/mol. The molecule has 25 heavy (non-hydrogen) atoms. The predicted molar refractivity (Wildman–Crippen MR) is 104 cm³/mol. The highest BCUT2D eigenvalue weighted by molar-refractivity contribution is 6.35. The maximum Gasteiger partial charge on any atom is 0.143 e. The molecule has 2 aromatic carbocycles. The highest BCUT2D eigenvalue weighted by atomic mass is 35.5. The Hall–Kier alpha value is -2.07. The molecule has 0 radical (unpaired) electrons. The van der Waals surface area contributed by atoms with Gasteiger partial charge in [0.2, 0.25) is 0 Å². The van der Waals surface area contributed by atoms with Gasteiger partial charge in [-0.15, -0.1) is 0 Å². The molecule has 0 spiro atoms. The second-order valence-electron chi connectivity index (χ2n) is 5.62. The molecule has 0 aliphatic rings. The number of halogens is 3. The molecule has 0 atom stereocenters. The Morgan fingerprint density at radius 3 is 2.52 bits per heavy atom. The first-order valence-corrected chi connectivity index (χ1v) is 8.76. The molecule has 0 aliphatic carbocycles. The van der Waals surface area contributed by atoms with E-state index in [-0.39, 0.29) is 0 Å². The number of imidazole rings is 1. The van der Waals surface area contributed by atoms with Crippen LogP contribution in [-0.2, 0) is 6.54 Å². The van der Waals surface area contributed by atoms with E-state index >= 15 is 0 Å². The Morgan fingerprint density at radius 2 is 1.76 bits per heavy atom. The fourth-order valence-electron chi connectivity index (χ4n) is 2.78. The first-order valence-electron chi connectivity index (χ1n) is 7.63. The van der Waals surface area contributed by atoms with Crippen molar-refractivity contribution in [2.45, 2.75) is 6.54 Å². The maximum absolute atomic E-state index is 6.37. The van der Waals surface area contributed by atoms with Crippen molar-refractivity contribution in [1.82, 2.24) is 14.5 Å². The third kappa shape index (κ3) is 3.23. The molecule has 2 aromatic heterocycles. The summed E-state index contributed by atoms with van der Waals surface area (Å²) in [6, 6.07) is 17.2. The van der Waals surface area contributed by atoms with E-state index in [1.165, 1.54) is 0 Å². The number of pyridine rings is 1. The summed E-state index contributed by atoms with van der Waals surface area (Å²) in [5.41, 5.74) is 3.80. The highest BCUT2D eigenvalue weighted by Gasteiger charge is 2.14. The minimum atomic E-state index is 0.451. The van der Waals surface area contributed by atoms with Crippen molar-refractivity contribution in [2.24, 2.45) is 0 Å². The van der Waals surface area contributed by atoms with Gasteiger partial charge in [0.25, 0.3) is 0 Å². The molecule has 2 heterocycles. The first-order chi connectivity index (χ1) is 12.1. The number of nitrogens with zero attached hydrogens (tertiary/aromatic N) is 3. The average molecular weight is 389 g/mol. The molecule has 3 nitrogen and oxygen atoms in total. The third-order valence-electron chi connectivity index (χ3n) is 3.98. The Bertz CT molecular complexity index is 1060. The normalized spacial score (nSPS) is 11.2. The number of benzene rings is 2. The summed E-state index contributed by atoms with van der Waals surface area (Å²) in [6.45, 7) is 0.578. The van der Waals surface area contributed by atoms with Gasteiger partial charge >= 0.3 is 0 Å². The highest BCUT2D eigenvalue weighted by Crippen LogP contribution is 2.28. The van der Waals surface area contributed by atoms with Crippen LogP contribution in [0, 0.1) is 0 Å². The van der Waals surface area contributed by atoms with Crippen molar-refractivity contribution >= 4 is 45.8 Å². The zero-order chi connectivity index (χ0) is 17.4. The summed E-state index contributed by atoms with van der Waals surface area (Å²) < 4.78 is 2.12. The van der Waals surface area contributed by atoms with Crippen LogP contribution in [0.2, 0.25) is 15.2 Å². The Morgan fingerprint density at radius 1 is 0.920 bits per heavy atom. The van der Waals surface area contributed by atoms with Gasteiger partial charge in [0, 0.05) is 21.8 Å². The summed E-state index contributed by atoms with van der Waals surface area (Å²) >= 11 is 18.3. The van der Waals surface area contributed by atoms with Crippen LogP contribution in [0.15, 0.2) is 60.8 Å². The predicted octanol–water partition coefficient (Wildman–Crippen LogP) is 6.11. The van der Waals surface area contributed by atoms with Crippen molar-refractivity contribution in [1.29, 1.82) is 0 Å². The Balaban J connectivity index is 1.88. The summed E-state index contributed by atoms with van der Waals surface area (Å²) in [6.07, 6.45) is 1.73. The quantitative estimate of drug-likeness (QED) is 0.397. The number of rotatable bonds is 3. The molecule has 0 saturated heterocycles. The molecule has 0 N–H and O–H groups in total. The summed E-state index contributed by atoms with van der Waals surface area (Å²) in [7, 11) is 0. The lowest BCUT2D eigenvalue weighted by Crippen LogP contribution is -2.03. The van der Waals surface area contributed by atoms with Crippen molar-refractivity contribution < 1.29 is 0 Å². The molecule has 0 fully saturated rings. The van der Waals surface area contributed by atoms with Crippen LogP contribution in [-0.4, -0.2) is 14.5 Å². The zero-order valence-corrected chi connectivity index (χ0v) is 15.2. The van der Waals surface area contributed by atoms with Gasteiger partial charge in [-0.1, -0.05) is 53.0 Å². The second-order valence-corrected chi connectivity index (χ2v) is 6.85. The van der Waals surface area contributed by atoms with Crippen molar-refractivity contribution in [3.63, 3.8) is 0 Å². The third-order valence-corrected chi connectivity index (χ3v) is 4.79. The minimum absolute atomic E-state index is 0.451. The zero-order valence-electron chi connectivity index (χ0n) is 13.0.